The second kappa shape index (κ2) is 6.44. The summed E-state index contributed by atoms with van der Waals surface area (Å²) in [5.74, 6) is 1.41. The average Bonchev–Trinajstić information content (AvgIpc) is 3.04. The van der Waals surface area contributed by atoms with Crippen molar-refractivity contribution in [3.05, 3.63) is 18.5 Å². The van der Waals surface area contributed by atoms with Crippen molar-refractivity contribution in [3.63, 3.8) is 0 Å². The molecular weight excluding hydrogens is 278 g/mol. The Morgan fingerprint density at radius 2 is 2.23 bits per heavy atom. The molecule has 1 aliphatic carbocycles. The molecule has 4 N–H and O–H groups in total. The summed E-state index contributed by atoms with van der Waals surface area (Å²) in [6, 6.07) is 1.82. The van der Waals surface area contributed by atoms with E-state index in [1.165, 1.54) is 0 Å². The molecule has 1 fully saturated rings. The van der Waals surface area contributed by atoms with Gasteiger partial charge >= 0.3 is 0 Å². The van der Waals surface area contributed by atoms with Crippen LogP contribution in [0.2, 0.25) is 0 Å². The molecule has 1 aliphatic rings. The van der Waals surface area contributed by atoms with E-state index in [1.54, 1.807) is 12.4 Å². The van der Waals surface area contributed by atoms with Crippen molar-refractivity contribution >= 4 is 22.6 Å². The van der Waals surface area contributed by atoms with Crippen LogP contribution < -0.4 is 11.1 Å². The normalized spacial score (nSPS) is 23.4. The van der Waals surface area contributed by atoms with Gasteiger partial charge in [0.2, 0.25) is 5.91 Å². The van der Waals surface area contributed by atoms with Gasteiger partial charge in [0.05, 0.1) is 17.3 Å². The molecular formula is C16H23N5O. The lowest BCUT2D eigenvalue weighted by molar-refractivity contribution is -0.121. The molecule has 2 heterocycles. The molecule has 0 aromatic carbocycles. The Balaban J connectivity index is 1.62. The largest absolute Gasteiger partial charge is 0.330 e. The third-order valence-electron chi connectivity index (χ3n) is 4.93. The Kier molecular flexibility index (Phi) is 4.38. The van der Waals surface area contributed by atoms with Crippen LogP contribution in [0.4, 0.5) is 5.69 Å². The number of anilines is 1. The molecule has 0 aliphatic heterocycles. The van der Waals surface area contributed by atoms with Gasteiger partial charge in [0.15, 0.2) is 5.65 Å². The van der Waals surface area contributed by atoms with Gasteiger partial charge in [-0.25, -0.2) is 4.98 Å². The van der Waals surface area contributed by atoms with E-state index >= 15 is 0 Å². The number of carbonyl (C=O) groups excluding carboxylic acids is 1. The number of nitrogens with one attached hydrogen (secondary N) is 2. The molecule has 0 spiro atoms. The minimum Gasteiger partial charge on any atom is -0.330 e. The molecule has 2 aromatic heterocycles. The second-order valence-electron chi connectivity index (χ2n) is 6.30. The number of fused-ring (bicyclic) bond motifs is 1. The molecule has 1 atom stereocenters. The van der Waals surface area contributed by atoms with Crippen molar-refractivity contribution in [3.8, 4) is 0 Å². The quantitative estimate of drug-likeness (QED) is 0.807. The summed E-state index contributed by atoms with van der Waals surface area (Å²) < 4.78 is 0. The van der Waals surface area contributed by atoms with Crippen LogP contribution in [0.15, 0.2) is 18.5 Å². The zero-order valence-electron chi connectivity index (χ0n) is 12.9. The van der Waals surface area contributed by atoms with E-state index in [2.05, 4.69) is 27.4 Å². The fraction of sp³-hybridized carbons (Fsp3) is 0.562. The van der Waals surface area contributed by atoms with Crippen LogP contribution in [0.3, 0.4) is 0 Å². The lowest BCUT2D eigenvalue weighted by atomic mass is 9.76. The second-order valence-corrected chi connectivity index (χ2v) is 6.30. The van der Waals surface area contributed by atoms with Crippen molar-refractivity contribution in [2.75, 3.05) is 11.9 Å². The minimum atomic E-state index is 0.0938. The SMILES string of the molecule is CC(CN)C1CCC(C(=O)Nc2ccnc3[nH]ncc23)CC1. The molecule has 1 amide bonds. The first-order chi connectivity index (χ1) is 10.7. The summed E-state index contributed by atoms with van der Waals surface area (Å²) in [6.07, 6.45) is 7.44. The van der Waals surface area contributed by atoms with Gasteiger partial charge in [-0.3, -0.25) is 9.89 Å². The molecule has 1 saturated carbocycles. The number of aromatic amines is 1. The van der Waals surface area contributed by atoms with Gasteiger partial charge < -0.3 is 11.1 Å². The third-order valence-corrected chi connectivity index (χ3v) is 4.93. The third kappa shape index (κ3) is 2.97. The maximum atomic E-state index is 12.5. The molecule has 2 aromatic rings. The summed E-state index contributed by atoms with van der Waals surface area (Å²) in [5.41, 5.74) is 7.22. The van der Waals surface area contributed by atoms with Crippen LogP contribution in [0.25, 0.3) is 11.0 Å². The Labute approximate surface area is 129 Å². The highest BCUT2D eigenvalue weighted by atomic mass is 16.1. The van der Waals surface area contributed by atoms with Gasteiger partial charge in [-0.1, -0.05) is 6.92 Å². The lowest BCUT2D eigenvalue weighted by Crippen LogP contribution is -2.30. The molecule has 0 bridgehead atoms. The first-order valence-corrected chi connectivity index (χ1v) is 7.98. The highest BCUT2D eigenvalue weighted by Gasteiger charge is 2.28. The number of H-pyrrole nitrogens is 1. The maximum absolute atomic E-state index is 12.5. The van der Waals surface area contributed by atoms with Gasteiger partial charge in [0, 0.05) is 12.1 Å². The lowest BCUT2D eigenvalue weighted by Gasteiger charge is -2.31. The monoisotopic (exact) mass is 301 g/mol. The summed E-state index contributed by atoms with van der Waals surface area (Å²) in [4.78, 5) is 16.7. The van der Waals surface area contributed by atoms with Crippen molar-refractivity contribution in [2.24, 2.45) is 23.5 Å². The van der Waals surface area contributed by atoms with E-state index in [0.717, 1.165) is 43.3 Å². The number of pyridine rings is 1. The molecule has 118 valence electrons. The molecule has 1 unspecified atom stereocenters. The van der Waals surface area contributed by atoms with Crippen LogP contribution in [0, 0.1) is 17.8 Å². The fourth-order valence-corrected chi connectivity index (χ4v) is 3.34. The summed E-state index contributed by atoms with van der Waals surface area (Å²) >= 11 is 0. The van der Waals surface area contributed by atoms with Crippen molar-refractivity contribution in [1.82, 2.24) is 15.2 Å². The number of hydrogen-bond acceptors (Lipinski definition) is 4. The van der Waals surface area contributed by atoms with Gasteiger partial charge in [0.1, 0.15) is 0 Å². The molecule has 6 nitrogen and oxygen atoms in total. The van der Waals surface area contributed by atoms with E-state index in [9.17, 15) is 4.79 Å². The Morgan fingerprint density at radius 1 is 1.45 bits per heavy atom. The van der Waals surface area contributed by atoms with E-state index in [1.807, 2.05) is 6.07 Å². The Morgan fingerprint density at radius 3 is 2.95 bits per heavy atom. The number of hydrogen-bond donors (Lipinski definition) is 3. The van der Waals surface area contributed by atoms with Gasteiger partial charge in [-0.15, -0.1) is 0 Å². The van der Waals surface area contributed by atoms with Crippen molar-refractivity contribution in [2.45, 2.75) is 32.6 Å². The van der Waals surface area contributed by atoms with Crippen molar-refractivity contribution in [1.29, 1.82) is 0 Å². The molecule has 22 heavy (non-hydrogen) atoms. The topological polar surface area (TPSA) is 96.7 Å². The average molecular weight is 301 g/mol. The summed E-state index contributed by atoms with van der Waals surface area (Å²) in [5, 5.41) is 10.7. The fourth-order valence-electron chi connectivity index (χ4n) is 3.34. The van der Waals surface area contributed by atoms with Crippen molar-refractivity contribution < 1.29 is 4.79 Å². The first-order valence-electron chi connectivity index (χ1n) is 7.98. The number of nitrogens with two attached hydrogens (primary N) is 1. The highest BCUT2D eigenvalue weighted by molar-refractivity contribution is 6.00. The summed E-state index contributed by atoms with van der Waals surface area (Å²) in [7, 11) is 0. The molecule has 0 saturated heterocycles. The molecule has 0 radical (unpaired) electrons. The van der Waals surface area contributed by atoms with E-state index < -0.39 is 0 Å². The van der Waals surface area contributed by atoms with Crippen LogP contribution >= 0.6 is 0 Å². The Hall–Kier alpha value is -1.95. The number of nitrogens with zero attached hydrogens (tertiary/aromatic N) is 2. The molecule has 3 rings (SSSR count). The van der Waals surface area contributed by atoms with Gasteiger partial charge in [0.25, 0.3) is 0 Å². The van der Waals surface area contributed by atoms with E-state index in [4.69, 9.17) is 5.73 Å². The zero-order chi connectivity index (χ0) is 15.5. The summed E-state index contributed by atoms with van der Waals surface area (Å²) in [6.45, 7) is 2.94. The Bertz CT molecular complexity index is 645. The van der Waals surface area contributed by atoms with Crippen LogP contribution in [-0.2, 0) is 4.79 Å². The van der Waals surface area contributed by atoms with Gasteiger partial charge in [-0.05, 0) is 50.1 Å². The number of rotatable bonds is 4. The van der Waals surface area contributed by atoms with Crippen LogP contribution in [-0.4, -0.2) is 27.6 Å². The standard InChI is InChI=1S/C16H23N5O/c1-10(8-17)11-2-4-12(5-3-11)16(22)20-14-6-7-18-15-13(14)9-19-21-15/h6-7,9-12H,2-5,8,17H2,1H3,(H2,18,19,20,21,22). The molecule has 6 heteroatoms. The van der Waals surface area contributed by atoms with Crippen LogP contribution in [0.1, 0.15) is 32.6 Å². The first kappa shape index (κ1) is 15.0. The van der Waals surface area contributed by atoms with Gasteiger partial charge in [-0.2, -0.15) is 5.10 Å². The number of carbonyl (C=O) groups is 1. The number of amides is 1. The zero-order valence-corrected chi connectivity index (χ0v) is 12.9. The highest BCUT2D eigenvalue weighted by Crippen LogP contribution is 2.34. The predicted molar refractivity (Wildman–Crippen MR) is 86.2 cm³/mol. The van der Waals surface area contributed by atoms with E-state index in [-0.39, 0.29) is 11.8 Å². The predicted octanol–water partition coefficient (Wildman–Crippen LogP) is 2.30. The maximum Gasteiger partial charge on any atom is 0.227 e. The smallest absolute Gasteiger partial charge is 0.227 e. The number of aromatic nitrogens is 3. The van der Waals surface area contributed by atoms with Crippen LogP contribution in [0.5, 0.6) is 0 Å². The van der Waals surface area contributed by atoms with E-state index in [0.29, 0.717) is 17.5 Å². The minimum absolute atomic E-state index is 0.0938.